The number of carbonyl (C=O) groups is 9. The molecule has 7 amide bonds. The fourth-order valence-electron chi connectivity index (χ4n) is 5.69. The van der Waals surface area contributed by atoms with Crippen LogP contribution in [0, 0.1) is 29.6 Å². The van der Waals surface area contributed by atoms with Crippen molar-refractivity contribution < 1.29 is 63.6 Å². The van der Waals surface area contributed by atoms with E-state index in [2.05, 4.69) is 37.2 Å². The molecule has 0 aliphatic rings. The lowest BCUT2D eigenvalue weighted by Gasteiger charge is -2.31. The number of carboxylic acids is 2. The van der Waals surface area contributed by atoms with Gasteiger partial charge in [-0.3, -0.25) is 38.4 Å². The van der Waals surface area contributed by atoms with Gasteiger partial charge in [0, 0.05) is 6.42 Å². The minimum absolute atomic E-state index is 0.254. The van der Waals surface area contributed by atoms with Crippen molar-refractivity contribution in [2.75, 3.05) is 13.2 Å². The average molecular weight is 859 g/mol. The van der Waals surface area contributed by atoms with Gasteiger partial charge < -0.3 is 63.4 Å². The van der Waals surface area contributed by atoms with Crippen LogP contribution in [0.15, 0.2) is 0 Å². The van der Waals surface area contributed by atoms with E-state index in [1.807, 2.05) is 6.92 Å². The zero-order chi connectivity index (χ0) is 46.6. The molecule has 0 rings (SSSR count). The van der Waals surface area contributed by atoms with Crippen LogP contribution in [0.3, 0.4) is 0 Å². The smallest absolute Gasteiger partial charge is 0.326 e. The Balaban J connectivity index is 6.19. The molecule has 0 aromatic heterocycles. The summed E-state index contributed by atoms with van der Waals surface area (Å²) in [5, 5.41) is 55.9. The summed E-state index contributed by atoms with van der Waals surface area (Å²) < 4.78 is 0. The molecule has 21 nitrogen and oxygen atoms in total. The number of aliphatic hydroxyl groups excluding tert-OH is 2. The second-order valence-corrected chi connectivity index (χ2v) is 15.9. The third-order valence-corrected chi connectivity index (χ3v) is 10.5. The molecular weight excluding hydrogens is 788 g/mol. The number of hydrogen-bond acceptors (Lipinski definition) is 12. The third-order valence-electron chi connectivity index (χ3n) is 10.5. The van der Waals surface area contributed by atoms with Gasteiger partial charge in [-0.15, -0.1) is 0 Å². The van der Waals surface area contributed by atoms with Gasteiger partial charge in [-0.2, -0.15) is 0 Å². The quantitative estimate of drug-likeness (QED) is 0.0409. The van der Waals surface area contributed by atoms with E-state index in [0.717, 1.165) is 0 Å². The summed E-state index contributed by atoms with van der Waals surface area (Å²) in [6.07, 6.45) is 0.453. The predicted molar refractivity (Wildman–Crippen MR) is 218 cm³/mol. The highest BCUT2D eigenvalue weighted by atomic mass is 16.4. The predicted octanol–water partition coefficient (Wildman–Crippen LogP) is -1.91. The second kappa shape index (κ2) is 27.1. The lowest BCUT2D eigenvalue weighted by Crippen LogP contribution is -2.63. The topological polar surface area (TPSA) is 345 Å². The molecule has 0 radical (unpaired) electrons. The van der Waals surface area contributed by atoms with Crippen LogP contribution in [0.4, 0.5) is 0 Å². The van der Waals surface area contributed by atoms with Crippen LogP contribution in [-0.4, -0.2) is 135 Å². The van der Waals surface area contributed by atoms with Gasteiger partial charge in [0.2, 0.25) is 41.4 Å². The number of carbonyl (C=O) groups excluding carboxylic acids is 7. The molecule has 344 valence electrons. The Bertz CT molecular complexity index is 1480. The van der Waals surface area contributed by atoms with E-state index >= 15 is 0 Å². The Morgan fingerprint density at radius 1 is 0.450 bits per heavy atom. The fourth-order valence-corrected chi connectivity index (χ4v) is 5.69. The Kier molecular flexibility index (Phi) is 24.8. The maximum Gasteiger partial charge on any atom is 0.326 e. The Morgan fingerprint density at radius 2 is 0.783 bits per heavy atom. The molecule has 0 saturated heterocycles. The van der Waals surface area contributed by atoms with Crippen LogP contribution in [-0.2, 0) is 43.2 Å². The van der Waals surface area contributed by atoms with Crippen LogP contribution in [0.2, 0.25) is 0 Å². The lowest BCUT2D eigenvalue weighted by atomic mass is 9.94. The molecule has 0 spiro atoms. The molecule has 60 heavy (non-hydrogen) atoms. The van der Waals surface area contributed by atoms with Crippen LogP contribution in [0.1, 0.15) is 101 Å². The summed E-state index contributed by atoms with van der Waals surface area (Å²) in [6, 6.07) is -10.9. The normalized spacial score (nSPS) is 16.9. The summed E-state index contributed by atoms with van der Waals surface area (Å²) in [6.45, 7) is 14.7. The SMILES string of the molecule is CC[C@H](C)[C@H](N)C(=O)N[C@@H](CCC(=O)O)C(=O)N[C@H](C(=O)N[C@H](C(=O)N[C@@H](CO)C(=O)N[C@@H](CO)C(=O)N[C@H](C(=O)N[C@H](C(=O)O)C(C)C)C(C)C)[C@@H](C)CC)[C@@H](C)CC. The second-order valence-electron chi connectivity index (χ2n) is 15.9. The van der Waals surface area contributed by atoms with Crippen molar-refractivity contribution in [2.45, 2.75) is 150 Å². The van der Waals surface area contributed by atoms with E-state index in [1.54, 1.807) is 62.3 Å². The molecule has 11 atom stereocenters. The first-order chi connectivity index (χ1) is 27.9. The van der Waals surface area contributed by atoms with Crippen LogP contribution in [0.25, 0.3) is 0 Å². The number of hydrogen-bond donors (Lipinski definition) is 12. The number of nitrogens with two attached hydrogens (primary N) is 1. The number of aliphatic carboxylic acids is 2. The van der Waals surface area contributed by atoms with Gasteiger partial charge >= 0.3 is 11.9 Å². The fraction of sp³-hybridized carbons (Fsp3) is 0.769. The van der Waals surface area contributed by atoms with Crippen molar-refractivity contribution in [2.24, 2.45) is 35.3 Å². The molecule has 0 aliphatic carbocycles. The summed E-state index contributed by atoms with van der Waals surface area (Å²) in [5.41, 5.74) is 6.03. The van der Waals surface area contributed by atoms with Gasteiger partial charge in [0.15, 0.2) is 0 Å². The van der Waals surface area contributed by atoms with Gasteiger partial charge in [-0.05, 0) is 36.0 Å². The molecule has 0 aromatic rings. The molecule has 0 saturated carbocycles. The molecule has 0 heterocycles. The molecule has 21 heteroatoms. The monoisotopic (exact) mass is 859 g/mol. The van der Waals surface area contributed by atoms with E-state index in [4.69, 9.17) is 5.73 Å². The van der Waals surface area contributed by atoms with Gasteiger partial charge in [0.25, 0.3) is 0 Å². The van der Waals surface area contributed by atoms with Crippen molar-refractivity contribution in [1.82, 2.24) is 37.2 Å². The lowest BCUT2D eigenvalue weighted by molar-refractivity contribution is -0.144. The first kappa shape index (κ1) is 55.1. The Labute approximate surface area is 351 Å². The van der Waals surface area contributed by atoms with Gasteiger partial charge in [0.05, 0.1) is 19.3 Å². The third kappa shape index (κ3) is 17.8. The van der Waals surface area contributed by atoms with Crippen molar-refractivity contribution in [3.05, 3.63) is 0 Å². The summed E-state index contributed by atoms with van der Waals surface area (Å²) in [5.74, 6) is -11.2. The molecule has 0 unspecified atom stereocenters. The Morgan fingerprint density at radius 3 is 1.18 bits per heavy atom. The molecule has 0 aromatic carbocycles. The zero-order valence-electron chi connectivity index (χ0n) is 36.5. The maximum absolute atomic E-state index is 13.9. The van der Waals surface area contributed by atoms with E-state index in [0.29, 0.717) is 19.3 Å². The Hall–Kier alpha value is -4.89. The highest BCUT2D eigenvalue weighted by Gasteiger charge is 2.37. The number of aliphatic hydroxyl groups is 2. The van der Waals surface area contributed by atoms with E-state index in [9.17, 15) is 63.6 Å². The number of nitrogens with one attached hydrogen (secondary N) is 7. The van der Waals surface area contributed by atoms with E-state index < -0.39 is 145 Å². The van der Waals surface area contributed by atoms with E-state index in [-0.39, 0.29) is 12.3 Å². The molecule has 13 N–H and O–H groups in total. The number of amides is 7. The van der Waals surface area contributed by atoms with Crippen LogP contribution >= 0.6 is 0 Å². The standard InChI is InChI=1S/C39H70N8O13/c1-11-20(8)27(40)35(55)41-23(14-15-26(50)51)32(52)46-31(22(10)13-3)38(58)47-30(21(9)12-2)37(57)43-24(16-48)33(53)42-25(17-49)34(54)44-28(18(4)5)36(56)45-29(19(6)7)39(59)60/h18-25,27-31,48-49H,11-17,40H2,1-10H3,(H,41,55)(H,42,53)(H,43,57)(H,44,54)(H,45,56)(H,46,52)(H,47,58)(H,50,51)(H,59,60)/t20-,21-,22-,23-,24-,25-,27-,28-,29-,30-,31-/m0/s1. The van der Waals surface area contributed by atoms with Crippen molar-refractivity contribution >= 4 is 53.3 Å². The number of rotatable bonds is 28. The van der Waals surface area contributed by atoms with Gasteiger partial charge in [-0.25, -0.2) is 4.79 Å². The van der Waals surface area contributed by atoms with Crippen molar-refractivity contribution in [3.8, 4) is 0 Å². The maximum atomic E-state index is 13.9. The van der Waals surface area contributed by atoms with Crippen molar-refractivity contribution in [3.63, 3.8) is 0 Å². The average Bonchev–Trinajstić information content (AvgIpc) is 3.19. The minimum atomic E-state index is -1.71. The number of carboxylic acid groups (broad SMARTS) is 2. The molecule has 0 fully saturated rings. The summed E-state index contributed by atoms with van der Waals surface area (Å²) in [4.78, 5) is 116. The van der Waals surface area contributed by atoms with Gasteiger partial charge in [0.1, 0.15) is 42.3 Å². The highest BCUT2D eigenvalue weighted by molar-refractivity contribution is 5.98. The molecule has 0 bridgehead atoms. The van der Waals surface area contributed by atoms with Crippen molar-refractivity contribution in [1.29, 1.82) is 0 Å². The summed E-state index contributed by atoms with van der Waals surface area (Å²) in [7, 11) is 0. The first-order valence-electron chi connectivity index (χ1n) is 20.5. The minimum Gasteiger partial charge on any atom is -0.481 e. The van der Waals surface area contributed by atoms with Crippen LogP contribution in [0.5, 0.6) is 0 Å². The highest BCUT2D eigenvalue weighted by Crippen LogP contribution is 2.14. The molecule has 0 aliphatic heterocycles. The summed E-state index contributed by atoms with van der Waals surface area (Å²) >= 11 is 0. The van der Waals surface area contributed by atoms with Crippen LogP contribution < -0.4 is 43.0 Å². The van der Waals surface area contributed by atoms with Gasteiger partial charge in [-0.1, -0.05) is 88.5 Å². The van der Waals surface area contributed by atoms with E-state index in [1.165, 1.54) is 0 Å². The molecular formula is C39H70N8O13. The largest absolute Gasteiger partial charge is 0.481 e. The zero-order valence-corrected chi connectivity index (χ0v) is 36.5. The first-order valence-corrected chi connectivity index (χ1v) is 20.5.